The summed E-state index contributed by atoms with van der Waals surface area (Å²) in [5.41, 5.74) is 7.68. The average Bonchev–Trinajstić information content (AvgIpc) is 2.32. The largest absolute Gasteiger partial charge is 0.324 e. The van der Waals surface area contributed by atoms with E-state index in [-0.39, 0.29) is 11.9 Å². The van der Waals surface area contributed by atoms with Gasteiger partial charge in [-0.15, -0.1) is 0 Å². The molecule has 0 radical (unpaired) electrons. The summed E-state index contributed by atoms with van der Waals surface area (Å²) < 4.78 is 14.6. The van der Waals surface area contributed by atoms with Crippen LogP contribution in [0.4, 0.5) is 4.39 Å². The van der Waals surface area contributed by atoms with Gasteiger partial charge in [-0.2, -0.15) is 0 Å². The van der Waals surface area contributed by atoms with E-state index in [2.05, 4.69) is 15.9 Å². The second-order valence-electron chi connectivity index (χ2n) is 3.92. The van der Waals surface area contributed by atoms with Crippen molar-refractivity contribution in [3.63, 3.8) is 0 Å². The van der Waals surface area contributed by atoms with Crippen LogP contribution in [0.3, 0.4) is 0 Å². The van der Waals surface area contributed by atoms with Crippen LogP contribution in [0.1, 0.15) is 17.2 Å². The molecule has 0 saturated heterocycles. The average molecular weight is 294 g/mol. The van der Waals surface area contributed by atoms with Crippen molar-refractivity contribution in [1.29, 1.82) is 0 Å². The highest BCUT2D eigenvalue weighted by Gasteiger charge is 2.12. The molecule has 0 heterocycles. The SMILES string of the molecule is NC(Cc1ccccc1Br)c1ccccc1F. The third kappa shape index (κ3) is 2.93. The van der Waals surface area contributed by atoms with Crippen molar-refractivity contribution in [2.75, 3.05) is 0 Å². The van der Waals surface area contributed by atoms with Crippen LogP contribution in [0.25, 0.3) is 0 Å². The van der Waals surface area contributed by atoms with Crippen LogP contribution < -0.4 is 5.73 Å². The summed E-state index contributed by atoms with van der Waals surface area (Å²) in [5, 5.41) is 0. The van der Waals surface area contributed by atoms with Crippen LogP contribution in [0.2, 0.25) is 0 Å². The van der Waals surface area contributed by atoms with Gasteiger partial charge >= 0.3 is 0 Å². The predicted octanol–water partition coefficient (Wildman–Crippen LogP) is 3.83. The van der Waals surface area contributed by atoms with Gasteiger partial charge in [-0.1, -0.05) is 52.3 Å². The van der Waals surface area contributed by atoms with Gasteiger partial charge in [0.1, 0.15) is 5.82 Å². The van der Waals surface area contributed by atoms with E-state index in [4.69, 9.17) is 5.73 Å². The topological polar surface area (TPSA) is 26.0 Å². The van der Waals surface area contributed by atoms with Crippen molar-refractivity contribution in [2.24, 2.45) is 5.73 Å². The van der Waals surface area contributed by atoms with Crippen LogP contribution in [0.5, 0.6) is 0 Å². The Morgan fingerprint density at radius 1 is 1.06 bits per heavy atom. The standard InChI is InChI=1S/C14H13BrFN/c15-12-7-3-1-5-10(12)9-14(17)11-6-2-4-8-13(11)16/h1-8,14H,9,17H2. The lowest BCUT2D eigenvalue weighted by Gasteiger charge is -2.13. The highest BCUT2D eigenvalue weighted by molar-refractivity contribution is 9.10. The Hall–Kier alpha value is -1.19. The molecule has 0 saturated carbocycles. The van der Waals surface area contributed by atoms with Gasteiger partial charge in [0.15, 0.2) is 0 Å². The highest BCUT2D eigenvalue weighted by atomic mass is 79.9. The lowest BCUT2D eigenvalue weighted by atomic mass is 9.99. The van der Waals surface area contributed by atoms with Gasteiger partial charge in [-0.25, -0.2) is 4.39 Å². The molecule has 0 aliphatic carbocycles. The van der Waals surface area contributed by atoms with Crippen LogP contribution in [0, 0.1) is 5.82 Å². The summed E-state index contributed by atoms with van der Waals surface area (Å²) in [7, 11) is 0. The molecule has 0 aliphatic heterocycles. The smallest absolute Gasteiger partial charge is 0.127 e. The zero-order valence-electron chi connectivity index (χ0n) is 9.24. The lowest BCUT2D eigenvalue weighted by molar-refractivity contribution is 0.580. The van der Waals surface area contributed by atoms with Gasteiger partial charge in [0.2, 0.25) is 0 Å². The molecule has 0 amide bonds. The fourth-order valence-electron chi connectivity index (χ4n) is 1.79. The first kappa shape index (κ1) is 12.3. The normalized spacial score (nSPS) is 12.4. The molecule has 2 aromatic rings. The fourth-order valence-corrected chi connectivity index (χ4v) is 2.23. The Labute approximate surface area is 109 Å². The zero-order valence-corrected chi connectivity index (χ0v) is 10.8. The predicted molar refractivity (Wildman–Crippen MR) is 71.2 cm³/mol. The third-order valence-electron chi connectivity index (χ3n) is 2.70. The van der Waals surface area contributed by atoms with E-state index >= 15 is 0 Å². The molecular formula is C14H13BrFN. The maximum atomic E-state index is 13.6. The van der Waals surface area contributed by atoms with Gasteiger partial charge < -0.3 is 5.73 Å². The van der Waals surface area contributed by atoms with Gasteiger partial charge in [0.05, 0.1) is 0 Å². The Bertz CT molecular complexity index is 513. The van der Waals surface area contributed by atoms with E-state index in [9.17, 15) is 4.39 Å². The lowest BCUT2D eigenvalue weighted by Crippen LogP contribution is -2.15. The number of benzene rings is 2. The van der Waals surface area contributed by atoms with Crippen molar-refractivity contribution in [2.45, 2.75) is 12.5 Å². The highest BCUT2D eigenvalue weighted by Crippen LogP contribution is 2.23. The molecule has 3 heteroatoms. The first-order chi connectivity index (χ1) is 8.18. The molecule has 0 aromatic heterocycles. The number of nitrogens with two attached hydrogens (primary N) is 1. The van der Waals surface area contributed by atoms with Gasteiger partial charge in [-0.05, 0) is 24.1 Å². The number of hydrogen-bond donors (Lipinski definition) is 1. The molecule has 1 nitrogen and oxygen atoms in total. The number of halogens is 2. The minimum atomic E-state index is -0.324. The number of rotatable bonds is 3. The maximum absolute atomic E-state index is 13.6. The maximum Gasteiger partial charge on any atom is 0.127 e. The van der Waals surface area contributed by atoms with Crippen molar-refractivity contribution >= 4 is 15.9 Å². The van der Waals surface area contributed by atoms with E-state index in [1.807, 2.05) is 24.3 Å². The van der Waals surface area contributed by atoms with E-state index < -0.39 is 0 Å². The van der Waals surface area contributed by atoms with E-state index in [0.717, 1.165) is 10.0 Å². The molecule has 0 bridgehead atoms. The van der Waals surface area contributed by atoms with Crippen molar-refractivity contribution in [3.05, 3.63) is 69.9 Å². The Balaban J connectivity index is 2.20. The van der Waals surface area contributed by atoms with Gasteiger partial charge in [0, 0.05) is 16.1 Å². The molecule has 17 heavy (non-hydrogen) atoms. The fraction of sp³-hybridized carbons (Fsp3) is 0.143. The molecule has 0 aliphatic rings. The molecule has 2 rings (SSSR count). The van der Waals surface area contributed by atoms with E-state index in [1.54, 1.807) is 18.2 Å². The second-order valence-corrected chi connectivity index (χ2v) is 4.78. The molecule has 0 spiro atoms. The molecule has 88 valence electrons. The van der Waals surface area contributed by atoms with Crippen LogP contribution in [-0.4, -0.2) is 0 Å². The zero-order chi connectivity index (χ0) is 12.3. The Morgan fingerprint density at radius 2 is 1.71 bits per heavy atom. The molecule has 1 atom stereocenters. The summed E-state index contributed by atoms with van der Waals surface area (Å²) in [6, 6.07) is 14.2. The summed E-state index contributed by atoms with van der Waals surface area (Å²) >= 11 is 3.47. The summed E-state index contributed by atoms with van der Waals surface area (Å²) in [6.07, 6.45) is 0.613. The third-order valence-corrected chi connectivity index (χ3v) is 3.48. The van der Waals surface area contributed by atoms with Crippen LogP contribution >= 0.6 is 15.9 Å². The van der Waals surface area contributed by atoms with Crippen LogP contribution in [0.15, 0.2) is 53.0 Å². The Kier molecular flexibility index (Phi) is 3.92. The second kappa shape index (κ2) is 5.43. The molecule has 2 aromatic carbocycles. The molecule has 2 N–H and O–H groups in total. The van der Waals surface area contributed by atoms with Gasteiger partial charge in [0.25, 0.3) is 0 Å². The summed E-state index contributed by atoms with van der Waals surface area (Å²) in [6.45, 7) is 0. The van der Waals surface area contributed by atoms with Gasteiger partial charge in [-0.3, -0.25) is 0 Å². The van der Waals surface area contributed by atoms with E-state index in [0.29, 0.717) is 12.0 Å². The van der Waals surface area contributed by atoms with Crippen molar-refractivity contribution < 1.29 is 4.39 Å². The Morgan fingerprint density at radius 3 is 2.41 bits per heavy atom. The number of hydrogen-bond acceptors (Lipinski definition) is 1. The van der Waals surface area contributed by atoms with E-state index in [1.165, 1.54) is 6.07 Å². The summed E-state index contributed by atoms with van der Waals surface area (Å²) in [5.74, 6) is -0.243. The first-order valence-electron chi connectivity index (χ1n) is 5.42. The molecule has 1 unspecified atom stereocenters. The monoisotopic (exact) mass is 293 g/mol. The minimum absolute atomic E-state index is 0.243. The minimum Gasteiger partial charge on any atom is -0.324 e. The molecular weight excluding hydrogens is 281 g/mol. The first-order valence-corrected chi connectivity index (χ1v) is 6.21. The van der Waals surface area contributed by atoms with Crippen LogP contribution in [-0.2, 0) is 6.42 Å². The van der Waals surface area contributed by atoms with Crippen molar-refractivity contribution in [1.82, 2.24) is 0 Å². The summed E-state index contributed by atoms with van der Waals surface area (Å²) in [4.78, 5) is 0. The molecule has 0 fully saturated rings. The van der Waals surface area contributed by atoms with Crippen molar-refractivity contribution in [3.8, 4) is 0 Å². The quantitative estimate of drug-likeness (QED) is 0.914.